The molecule has 1 fully saturated rings. The number of carbonyl (C=O) groups excluding carboxylic acids is 1. The fourth-order valence-corrected chi connectivity index (χ4v) is 8.64. The van der Waals surface area contributed by atoms with Gasteiger partial charge in [0, 0.05) is 65.2 Å². The molecule has 14 nitrogen and oxygen atoms in total. The molecule has 3 aromatic carbocycles. The van der Waals surface area contributed by atoms with E-state index in [1.54, 1.807) is 30.5 Å². The highest BCUT2D eigenvalue weighted by molar-refractivity contribution is 7.13. The van der Waals surface area contributed by atoms with Crippen molar-refractivity contribution in [1.82, 2.24) is 33.8 Å². The molecule has 16 heteroatoms. The molecule has 4 aromatic heterocycles. The summed E-state index contributed by atoms with van der Waals surface area (Å²) in [6.45, 7) is 11.2. The molecule has 0 N–H and O–H groups in total. The number of ether oxygens (including phenoxy) is 4. The number of para-hydroxylation sites is 1. The summed E-state index contributed by atoms with van der Waals surface area (Å²) < 4.78 is 27.6. The Hall–Kier alpha value is -5.97. The number of imidazole rings is 1. The Morgan fingerprint density at radius 3 is 2.37 bits per heavy atom. The van der Waals surface area contributed by atoms with Gasteiger partial charge in [0.1, 0.15) is 41.2 Å². The van der Waals surface area contributed by atoms with Crippen molar-refractivity contribution in [3.8, 4) is 22.1 Å². The van der Waals surface area contributed by atoms with Gasteiger partial charge >= 0.3 is 6.09 Å². The van der Waals surface area contributed by atoms with Crippen LogP contribution in [-0.4, -0.2) is 95.0 Å². The maximum Gasteiger partial charge on any atom is 0.410 e. The van der Waals surface area contributed by atoms with Crippen molar-refractivity contribution in [3.05, 3.63) is 114 Å². The fourth-order valence-electron chi connectivity index (χ4n) is 7.23. The summed E-state index contributed by atoms with van der Waals surface area (Å²) in [5.74, 6) is 3.57. The van der Waals surface area contributed by atoms with Gasteiger partial charge in [-0.1, -0.05) is 68.2 Å². The van der Waals surface area contributed by atoms with E-state index in [1.807, 2.05) is 82.8 Å². The lowest BCUT2D eigenvalue weighted by molar-refractivity contribution is 0.0876. The number of benzene rings is 3. The SMILES string of the molecule is COc1ccc(CN(Cc2nc3cccc(OC)c3n2COCC[Si](C)(C)C)c2nc(N3CCN(C(=O)OCc4ccccc4)CC3)nc3c(-c4nccs4)ccn23)cc1. The lowest BCUT2D eigenvalue weighted by atomic mass is 10.2. The molecule has 0 unspecified atom stereocenters. The van der Waals surface area contributed by atoms with Crippen LogP contribution in [0.2, 0.25) is 25.7 Å². The molecule has 8 rings (SSSR count). The number of hydrogen-bond acceptors (Lipinski definition) is 12. The number of thiazole rings is 1. The van der Waals surface area contributed by atoms with E-state index in [1.165, 1.54) is 0 Å². The molecule has 0 bridgehead atoms. The maximum absolute atomic E-state index is 13.1. The number of hydrogen-bond donors (Lipinski definition) is 0. The van der Waals surface area contributed by atoms with E-state index in [2.05, 4.69) is 57.2 Å². The smallest absolute Gasteiger partial charge is 0.410 e. The van der Waals surface area contributed by atoms with E-state index in [4.69, 9.17) is 33.9 Å². The van der Waals surface area contributed by atoms with Gasteiger partial charge in [-0.05, 0) is 47.5 Å². The van der Waals surface area contributed by atoms with Gasteiger partial charge < -0.3 is 33.6 Å². The predicted molar refractivity (Wildman–Crippen MR) is 238 cm³/mol. The molecular weight excluding hydrogens is 795 g/mol. The van der Waals surface area contributed by atoms with Crippen LogP contribution >= 0.6 is 11.3 Å². The zero-order chi connectivity index (χ0) is 41.6. The van der Waals surface area contributed by atoms with E-state index in [9.17, 15) is 4.79 Å². The zero-order valence-electron chi connectivity index (χ0n) is 34.8. The maximum atomic E-state index is 13.1. The molecule has 0 atom stereocenters. The highest BCUT2D eigenvalue weighted by Gasteiger charge is 2.28. The van der Waals surface area contributed by atoms with Gasteiger partial charge in [-0.25, -0.2) is 14.8 Å². The minimum Gasteiger partial charge on any atom is -0.497 e. The molecular formula is C44H51N9O5SSi. The van der Waals surface area contributed by atoms with Crippen LogP contribution in [0.1, 0.15) is 17.0 Å². The third kappa shape index (κ3) is 9.25. The topological polar surface area (TPSA) is 125 Å². The van der Waals surface area contributed by atoms with Crippen molar-refractivity contribution in [3.63, 3.8) is 0 Å². The summed E-state index contributed by atoms with van der Waals surface area (Å²) in [6, 6.07) is 26.9. The average molecular weight is 846 g/mol. The highest BCUT2D eigenvalue weighted by atomic mass is 32.1. The first kappa shape index (κ1) is 40.8. The summed E-state index contributed by atoms with van der Waals surface area (Å²) in [7, 11) is 2.04. The van der Waals surface area contributed by atoms with Gasteiger partial charge in [-0.2, -0.15) is 9.97 Å². The number of amides is 1. The summed E-state index contributed by atoms with van der Waals surface area (Å²) in [4.78, 5) is 39.7. The fraction of sp³-hybridized carbons (Fsp3) is 0.341. The third-order valence-corrected chi connectivity index (χ3v) is 13.1. The first-order chi connectivity index (χ1) is 29.2. The third-order valence-electron chi connectivity index (χ3n) is 10.6. The molecule has 1 aliphatic rings. The molecule has 7 aromatic rings. The molecule has 0 radical (unpaired) electrons. The van der Waals surface area contributed by atoms with Crippen LogP contribution in [0.15, 0.2) is 96.6 Å². The minimum absolute atomic E-state index is 0.228. The number of rotatable bonds is 16. The van der Waals surface area contributed by atoms with Crippen molar-refractivity contribution in [2.75, 3.05) is 56.8 Å². The number of piperazine rings is 1. The average Bonchev–Trinajstić information content (AvgIpc) is 4.03. The van der Waals surface area contributed by atoms with Gasteiger partial charge in [0.25, 0.3) is 0 Å². The number of carbonyl (C=O) groups is 1. The molecule has 5 heterocycles. The minimum atomic E-state index is -1.32. The van der Waals surface area contributed by atoms with Crippen molar-refractivity contribution in [2.45, 2.75) is 52.1 Å². The van der Waals surface area contributed by atoms with Crippen LogP contribution in [0.3, 0.4) is 0 Å². The number of methoxy groups -OCH3 is 2. The normalized spacial score (nSPS) is 13.3. The van der Waals surface area contributed by atoms with Gasteiger partial charge in [0.05, 0.1) is 31.8 Å². The number of anilines is 2. The Morgan fingerprint density at radius 2 is 1.65 bits per heavy atom. The van der Waals surface area contributed by atoms with Crippen LogP contribution in [0, 0.1) is 0 Å². The van der Waals surface area contributed by atoms with E-state index in [-0.39, 0.29) is 12.7 Å². The van der Waals surface area contributed by atoms with Gasteiger partial charge in [0.15, 0.2) is 5.65 Å². The monoisotopic (exact) mass is 845 g/mol. The quantitative estimate of drug-likeness (QED) is 0.0691. The van der Waals surface area contributed by atoms with E-state index < -0.39 is 8.07 Å². The second-order valence-corrected chi connectivity index (χ2v) is 22.5. The van der Waals surface area contributed by atoms with Crippen LogP contribution in [-0.2, 0) is 35.9 Å². The highest BCUT2D eigenvalue weighted by Crippen LogP contribution is 2.33. The summed E-state index contributed by atoms with van der Waals surface area (Å²) >= 11 is 1.57. The Morgan fingerprint density at radius 1 is 0.850 bits per heavy atom. The largest absolute Gasteiger partial charge is 0.497 e. The van der Waals surface area contributed by atoms with Gasteiger partial charge in [0.2, 0.25) is 11.9 Å². The lowest BCUT2D eigenvalue weighted by Crippen LogP contribution is -2.49. The summed E-state index contributed by atoms with van der Waals surface area (Å²) in [5, 5.41) is 2.84. The molecule has 0 saturated carbocycles. The molecule has 0 aliphatic carbocycles. The summed E-state index contributed by atoms with van der Waals surface area (Å²) in [6.07, 6.45) is 3.49. The van der Waals surface area contributed by atoms with E-state index >= 15 is 0 Å². The predicted octanol–water partition coefficient (Wildman–Crippen LogP) is 8.20. The zero-order valence-corrected chi connectivity index (χ0v) is 36.6. The number of nitrogens with zero attached hydrogens (tertiary/aromatic N) is 9. The summed E-state index contributed by atoms with van der Waals surface area (Å²) in [5.41, 5.74) is 5.36. The van der Waals surface area contributed by atoms with Crippen molar-refractivity contribution in [1.29, 1.82) is 0 Å². The van der Waals surface area contributed by atoms with E-state index in [0.29, 0.717) is 64.5 Å². The van der Waals surface area contributed by atoms with E-state index in [0.717, 1.165) is 61.7 Å². The molecule has 60 heavy (non-hydrogen) atoms. The van der Waals surface area contributed by atoms with Gasteiger partial charge in [-0.3, -0.25) is 8.97 Å². The standard InChI is InChI=1S/C44H51N9O5SSi/c1-55-34-16-14-32(15-17-34)28-51(29-38-46-36-12-9-13-37(56-2)39(36)53(38)31-57-25-27-60(3,4)5)43-48-42(47-40-35(18-20-52(40)43)41-45-19-26-59-41)49-21-23-50(24-22-49)44(54)58-30-33-10-7-6-8-11-33/h6-20,26H,21-25,27-31H2,1-5H3. The number of fused-ring (bicyclic) bond motifs is 2. The Kier molecular flexibility index (Phi) is 12.3. The first-order valence-corrected chi connectivity index (χ1v) is 24.7. The molecule has 1 aliphatic heterocycles. The Balaban J connectivity index is 1.17. The van der Waals surface area contributed by atoms with Gasteiger partial charge in [-0.15, -0.1) is 11.3 Å². The van der Waals surface area contributed by atoms with Crippen LogP contribution in [0.25, 0.3) is 27.3 Å². The lowest BCUT2D eigenvalue weighted by Gasteiger charge is -2.34. The molecule has 312 valence electrons. The Labute approximate surface area is 355 Å². The second-order valence-electron chi connectivity index (χ2n) is 15.9. The molecule has 1 amide bonds. The van der Waals surface area contributed by atoms with Crippen LogP contribution < -0.4 is 19.3 Å². The molecule has 0 spiro atoms. The van der Waals surface area contributed by atoms with Crippen LogP contribution in [0.4, 0.5) is 16.7 Å². The van der Waals surface area contributed by atoms with Crippen molar-refractivity contribution >= 4 is 54.1 Å². The molecule has 1 saturated heterocycles. The second kappa shape index (κ2) is 18.1. The van der Waals surface area contributed by atoms with Crippen molar-refractivity contribution in [2.24, 2.45) is 0 Å². The Bertz CT molecular complexity index is 2520. The first-order valence-electron chi connectivity index (χ1n) is 20.1. The van der Waals surface area contributed by atoms with Crippen LogP contribution in [0.5, 0.6) is 11.5 Å². The number of aromatic nitrogens is 6. The van der Waals surface area contributed by atoms with Crippen molar-refractivity contribution < 1.29 is 23.7 Å².